The van der Waals surface area contributed by atoms with Crippen molar-refractivity contribution in [3.63, 3.8) is 0 Å². The average molecular weight is 184 g/mol. The van der Waals surface area contributed by atoms with Gasteiger partial charge in [0.1, 0.15) is 0 Å². The van der Waals surface area contributed by atoms with Gasteiger partial charge < -0.3 is 19.2 Å². The first-order valence-electron chi connectivity index (χ1n) is 2.39. The van der Waals surface area contributed by atoms with E-state index < -0.39 is 0 Å². The van der Waals surface area contributed by atoms with Crippen LogP contribution in [0, 0.1) is 19.8 Å². The molecule has 0 saturated heterocycles. The van der Waals surface area contributed by atoms with Gasteiger partial charge in [-0.25, -0.2) is 0 Å². The van der Waals surface area contributed by atoms with Crippen LogP contribution in [0.4, 0.5) is 0 Å². The third-order valence-electron chi connectivity index (χ3n) is 1.17. The Labute approximate surface area is 75.8 Å². The van der Waals surface area contributed by atoms with Gasteiger partial charge in [-0.05, 0) is 6.20 Å². The summed E-state index contributed by atoms with van der Waals surface area (Å²) >= 11 is 0. The Morgan fingerprint density at radius 2 is 2.00 bits per heavy atom. The number of rotatable bonds is 0. The molecule has 0 aromatic carbocycles. The smallest absolute Gasteiger partial charge is 0 e. The zero-order valence-electron chi connectivity index (χ0n) is 4.80. The van der Waals surface area contributed by atoms with Crippen LogP contribution >= 0.6 is 0 Å². The molecule has 2 unspecified atom stereocenters. The molecule has 0 aromatic heterocycles. The Morgan fingerprint density at radius 1 is 1.38 bits per heavy atom. The van der Waals surface area contributed by atoms with Crippen LogP contribution in [0.25, 0.3) is 0 Å². The predicted molar refractivity (Wildman–Crippen MR) is 30.3 cm³/mol. The van der Waals surface area contributed by atoms with E-state index in [0.29, 0.717) is 12.0 Å². The first kappa shape index (κ1) is 8.64. The first-order chi connectivity index (χ1) is 3.30. The van der Waals surface area contributed by atoms with E-state index in [4.69, 9.17) is 0 Å². The van der Waals surface area contributed by atoms with Crippen molar-refractivity contribution in [3.8, 4) is 0 Å². The maximum absolute atomic E-state index is 3.81. The Morgan fingerprint density at radius 3 is 2.12 bits per heavy atom. The van der Waals surface area contributed by atoms with Gasteiger partial charge >= 0.3 is 0 Å². The third-order valence-corrected chi connectivity index (χ3v) is 1.17. The van der Waals surface area contributed by atoms with E-state index in [1.165, 1.54) is 0 Å². The van der Waals surface area contributed by atoms with Gasteiger partial charge in [0.2, 0.25) is 0 Å². The summed E-state index contributed by atoms with van der Waals surface area (Å²) in [5.74, 6) is 0.361. The third kappa shape index (κ3) is 1.87. The van der Waals surface area contributed by atoms with Gasteiger partial charge in [-0.3, -0.25) is 0 Å². The largest absolute Gasteiger partial charge is 0.420 e. The summed E-state index contributed by atoms with van der Waals surface area (Å²) in [6, 6.07) is 0.292. The van der Waals surface area contributed by atoms with E-state index in [0.717, 1.165) is 0 Å². The monoisotopic (exact) mass is 184 g/mol. The predicted octanol–water partition coefficient (Wildman–Crippen LogP) is 0.754. The molecule has 1 aliphatic rings. The normalized spacial score (nSPS) is 33.8. The summed E-state index contributed by atoms with van der Waals surface area (Å²) in [4.78, 5) is 0. The van der Waals surface area contributed by atoms with Gasteiger partial charge in [0.25, 0.3) is 0 Å². The molecule has 1 N–H and O–H groups in total. The Kier molecular flexibility index (Phi) is 3.92. The molecule has 43 valence electrons. The summed E-state index contributed by atoms with van der Waals surface area (Å²) in [5.41, 5.74) is 0. The maximum Gasteiger partial charge on any atom is 0 e. The molecule has 1 aliphatic heterocycles. The second-order valence-corrected chi connectivity index (χ2v) is 1.80. The fourth-order valence-corrected chi connectivity index (χ4v) is 0.560. The van der Waals surface area contributed by atoms with Crippen molar-refractivity contribution in [2.24, 2.45) is 5.92 Å². The molecule has 0 aliphatic carbocycles. The molecular weight excluding hydrogens is 175 g/mol. The Hall–Kier alpha value is 0.644. The quantitative estimate of drug-likeness (QED) is 0.548. The molecular formula is C6H9NY-2. The number of hydrogen-bond acceptors (Lipinski definition) is 1. The zero-order valence-corrected chi connectivity index (χ0v) is 7.64. The van der Waals surface area contributed by atoms with Crippen LogP contribution in [0.3, 0.4) is 0 Å². The zero-order chi connectivity index (χ0) is 5.28. The van der Waals surface area contributed by atoms with Gasteiger partial charge in [-0.1, -0.05) is 6.08 Å². The van der Waals surface area contributed by atoms with E-state index in [1.54, 1.807) is 0 Å². The van der Waals surface area contributed by atoms with Gasteiger partial charge in [-0.15, -0.1) is 6.04 Å². The topological polar surface area (TPSA) is 12.0 Å². The van der Waals surface area contributed by atoms with Crippen LogP contribution in [0.1, 0.15) is 0 Å². The van der Waals surface area contributed by atoms with Crippen molar-refractivity contribution in [1.29, 1.82) is 0 Å². The summed E-state index contributed by atoms with van der Waals surface area (Å²) in [6.45, 7) is 7.59. The molecule has 1 nitrogen and oxygen atoms in total. The van der Waals surface area contributed by atoms with E-state index in [-0.39, 0.29) is 32.7 Å². The van der Waals surface area contributed by atoms with Crippen molar-refractivity contribution in [2.45, 2.75) is 6.04 Å². The van der Waals surface area contributed by atoms with Gasteiger partial charge in [-0.2, -0.15) is 5.92 Å². The molecule has 0 bridgehead atoms. The summed E-state index contributed by atoms with van der Waals surface area (Å²) in [5, 5.41) is 3.02. The summed E-state index contributed by atoms with van der Waals surface area (Å²) in [6.07, 6.45) is 3.91. The van der Waals surface area contributed by atoms with Crippen LogP contribution in [-0.2, 0) is 32.7 Å². The number of hydrogen-bond donors (Lipinski definition) is 1. The number of nitrogens with one attached hydrogen (secondary N) is 1. The fraction of sp³-hybridized carbons (Fsp3) is 0.333. The van der Waals surface area contributed by atoms with Crippen molar-refractivity contribution in [1.82, 2.24) is 5.32 Å². The Bertz CT molecular complexity index is 90.5. The standard InChI is InChI=1S/C6H9N.Y/c1-5-3-4-7-6(5)2;/h3-7H,1-2H2;/q-2;. The molecule has 1 radical (unpaired) electrons. The van der Waals surface area contributed by atoms with Crippen LogP contribution in [-0.4, -0.2) is 6.04 Å². The van der Waals surface area contributed by atoms with Gasteiger partial charge in [0.15, 0.2) is 0 Å². The molecule has 1 heterocycles. The molecule has 2 atom stereocenters. The molecule has 0 aromatic rings. The van der Waals surface area contributed by atoms with E-state index in [1.807, 2.05) is 12.3 Å². The second-order valence-electron chi connectivity index (χ2n) is 1.80. The minimum Gasteiger partial charge on any atom is -0.420 e. The van der Waals surface area contributed by atoms with Crippen LogP contribution in [0.2, 0.25) is 0 Å². The molecule has 8 heavy (non-hydrogen) atoms. The minimum absolute atomic E-state index is 0. The van der Waals surface area contributed by atoms with Gasteiger partial charge in [0.05, 0.1) is 0 Å². The Balaban J connectivity index is 0.000000490. The van der Waals surface area contributed by atoms with Crippen LogP contribution < -0.4 is 5.32 Å². The minimum atomic E-state index is 0. The SMILES string of the molecule is [CH2-]C1C=CNC1[CH2-].[Y]. The molecule has 1 rings (SSSR count). The second kappa shape index (κ2) is 3.63. The average Bonchev–Trinajstić information content (AvgIpc) is 1.91. The molecule has 0 fully saturated rings. The van der Waals surface area contributed by atoms with Crippen molar-refractivity contribution in [2.75, 3.05) is 0 Å². The maximum atomic E-state index is 3.81. The first-order valence-corrected chi connectivity index (χ1v) is 2.39. The summed E-state index contributed by atoms with van der Waals surface area (Å²) < 4.78 is 0. The fourth-order valence-electron chi connectivity index (χ4n) is 0.560. The molecule has 0 amide bonds. The van der Waals surface area contributed by atoms with Crippen LogP contribution in [0.5, 0.6) is 0 Å². The van der Waals surface area contributed by atoms with Gasteiger partial charge in [0, 0.05) is 32.7 Å². The molecule has 0 saturated carbocycles. The molecule has 0 spiro atoms. The van der Waals surface area contributed by atoms with E-state index in [2.05, 4.69) is 19.2 Å². The van der Waals surface area contributed by atoms with Crippen LogP contribution in [0.15, 0.2) is 12.3 Å². The van der Waals surface area contributed by atoms with Crippen molar-refractivity contribution in [3.05, 3.63) is 26.1 Å². The van der Waals surface area contributed by atoms with E-state index >= 15 is 0 Å². The summed E-state index contributed by atoms with van der Waals surface area (Å²) in [7, 11) is 0. The van der Waals surface area contributed by atoms with Crippen molar-refractivity contribution < 1.29 is 32.7 Å². The molecule has 2 heteroatoms. The van der Waals surface area contributed by atoms with E-state index in [9.17, 15) is 0 Å². The van der Waals surface area contributed by atoms with Crippen molar-refractivity contribution >= 4 is 0 Å².